The monoisotopic (exact) mass is 222 g/mol. The van der Waals surface area contributed by atoms with E-state index in [2.05, 4.69) is 18.8 Å². The highest BCUT2D eigenvalue weighted by Gasteiger charge is 2.36. The largest absolute Gasteiger partial charge is 0.336 e. The Balaban J connectivity index is 1.95. The van der Waals surface area contributed by atoms with Crippen LogP contribution >= 0.6 is 0 Å². The molecule has 0 bridgehead atoms. The van der Waals surface area contributed by atoms with Crippen molar-refractivity contribution in [2.45, 2.75) is 44.7 Å². The van der Waals surface area contributed by atoms with Crippen molar-refractivity contribution in [3.63, 3.8) is 0 Å². The molecule has 1 aliphatic carbocycles. The fourth-order valence-corrected chi connectivity index (χ4v) is 2.54. The van der Waals surface area contributed by atoms with Crippen LogP contribution < -0.4 is 5.32 Å². The van der Waals surface area contributed by atoms with Crippen molar-refractivity contribution in [1.29, 1.82) is 0 Å². The van der Waals surface area contributed by atoms with E-state index < -0.39 is 0 Å². The maximum atomic E-state index is 12.4. The Labute approximate surface area is 97.9 Å². The minimum absolute atomic E-state index is 0.233. The Morgan fingerprint density at radius 3 is 2.81 bits per heavy atom. The summed E-state index contributed by atoms with van der Waals surface area (Å²) in [5.41, 5.74) is 0. The first-order valence-electron chi connectivity index (χ1n) is 6.37. The predicted molar refractivity (Wildman–Crippen MR) is 65.1 cm³/mol. The highest BCUT2D eigenvalue weighted by Crippen LogP contribution is 2.30. The summed E-state index contributed by atoms with van der Waals surface area (Å²) in [5, 5.41) is 3.39. The van der Waals surface area contributed by atoms with Gasteiger partial charge in [0.05, 0.1) is 0 Å². The molecule has 1 saturated heterocycles. The van der Waals surface area contributed by atoms with Crippen molar-refractivity contribution < 1.29 is 4.79 Å². The second-order valence-electron chi connectivity index (χ2n) is 5.09. The van der Waals surface area contributed by atoms with E-state index in [1.807, 2.05) is 11.0 Å². The lowest BCUT2D eigenvalue weighted by molar-refractivity contribution is -0.136. The molecule has 0 spiro atoms. The second-order valence-corrected chi connectivity index (χ2v) is 5.09. The van der Waals surface area contributed by atoms with Crippen LogP contribution in [0.4, 0.5) is 0 Å². The van der Waals surface area contributed by atoms with Gasteiger partial charge in [0, 0.05) is 24.5 Å². The fourth-order valence-electron chi connectivity index (χ4n) is 2.54. The molecule has 0 unspecified atom stereocenters. The van der Waals surface area contributed by atoms with Gasteiger partial charge in [0.2, 0.25) is 5.91 Å². The van der Waals surface area contributed by atoms with E-state index in [4.69, 9.17) is 0 Å². The van der Waals surface area contributed by atoms with E-state index in [-0.39, 0.29) is 5.92 Å². The van der Waals surface area contributed by atoms with Crippen molar-refractivity contribution in [3.05, 3.63) is 12.7 Å². The van der Waals surface area contributed by atoms with Crippen molar-refractivity contribution >= 4 is 5.91 Å². The SMILES string of the molecule is C=CCN(C(=O)[C@H]1CCN[C@@H](C)C1)C1CC1. The summed E-state index contributed by atoms with van der Waals surface area (Å²) in [6.45, 7) is 7.61. The van der Waals surface area contributed by atoms with Crippen molar-refractivity contribution in [1.82, 2.24) is 10.2 Å². The first kappa shape index (κ1) is 11.6. The average molecular weight is 222 g/mol. The van der Waals surface area contributed by atoms with Gasteiger partial charge < -0.3 is 10.2 Å². The second kappa shape index (κ2) is 5.00. The maximum Gasteiger partial charge on any atom is 0.226 e. The molecule has 90 valence electrons. The van der Waals surface area contributed by atoms with Gasteiger partial charge in [0.25, 0.3) is 0 Å². The molecule has 3 nitrogen and oxygen atoms in total. The van der Waals surface area contributed by atoms with Crippen LogP contribution in [-0.2, 0) is 4.79 Å². The zero-order valence-electron chi connectivity index (χ0n) is 10.1. The van der Waals surface area contributed by atoms with Crippen LogP contribution in [0.1, 0.15) is 32.6 Å². The molecule has 16 heavy (non-hydrogen) atoms. The van der Waals surface area contributed by atoms with Crippen LogP contribution in [0.2, 0.25) is 0 Å². The number of amides is 1. The first-order chi connectivity index (χ1) is 7.72. The van der Waals surface area contributed by atoms with Gasteiger partial charge in [-0.3, -0.25) is 4.79 Å². The summed E-state index contributed by atoms with van der Waals surface area (Å²) in [6.07, 6.45) is 6.18. The lowest BCUT2D eigenvalue weighted by atomic mass is 9.92. The summed E-state index contributed by atoms with van der Waals surface area (Å²) in [6, 6.07) is 0.989. The van der Waals surface area contributed by atoms with E-state index in [9.17, 15) is 4.79 Å². The van der Waals surface area contributed by atoms with Crippen molar-refractivity contribution in [2.75, 3.05) is 13.1 Å². The Hall–Kier alpha value is -0.830. The molecule has 1 heterocycles. The molecule has 3 heteroatoms. The molecule has 2 fully saturated rings. The molecule has 0 radical (unpaired) electrons. The third-order valence-corrected chi connectivity index (χ3v) is 3.57. The predicted octanol–water partition coefficient (Wildman–Crippen LogP) is 1.55. The highest BCUT2D eigenvalue weighted by atomic mass is 16.2. The third-order valence-electron chi connectivity index (χ3n) is 3.57. The summed E-state index contributed by atoms with van der Waals surface area (Å²) < 4.78 is 0. The molecule has 0 aromatic carbocycles. The Morgan fingerprint density at radius 1 is 1.50 bits per heavy atom. The molecule has 1 amide bonds. The quantitative estimate of drug-likeness (QED) is 0.732. The minimum Gasteiger partial charge on any atom is -0.336 e. The first-order valence-corrected chi connectivity index (χ1v) is 6.37. The molecule has 2 atom stereocenters. The average Bonchev–Trinajstić information content (AvgIpc) is 3.09. The Kier molecular flexibility index (Phi) is 3.64. The van der Waals surface area contributed by atoms with Crippen LogP contribution in [0, 0.1) is 5.92 Å². The van der Waals surface area contributed by atoms with E-state index in [1.54, 1.807) is 0 Å². The molecular weight excluding hydrogens is 200 g/mol. The smallest absolute Gasteiger partial charge is 0.226 e. The van der Waals surface area contributed by atoms with Gasteiger partial charge in [0.1, 0.15) is 0 Å². The number of carbonyl (C=O) groups is 1. The molecule has 1 aliphatic heterocycles. The summed E-state index contributed by atoms with van der Waals surface area (Å²) in [5.74, 6) is 0.590. The minimum atomic E-state index is 0.233. The van der Waals surface area contributed by atoms with Crippen molar-refractivity contribution in [3.8, 4) is 0 Å². The summed E-state index contributed by atoms with van der Waals surface area (Å²) in [4.78, 5) is 14.4. The number of nitrogens with zero attached hydrogens (tertiary/aromatic N) is 1. The highest BCUT2D eigenvalue weighted by molar-refractivity contribution is 5.79. The molecular formula is C13H22N2O. The zero-order chi connectivity index (χ0) is 11.5. The van der Waals surface area contributed by atoms with E-state index in [0.717, 1.165) is 25.9 Å². The van der Waals surface area contributed by atoms with Crippen molar-refractivity contribution in [2.24, 2.45) is 5.92 Å². The maximum absolute atomic E-state index is 12.4. The summed E-state index contributed by atoms with van der Waals surface area (Å²) >= 11 is 0. The van der Waals surface area contributed by atoms with Crippen LogP contribution in [0.15, 0.2) is 12.7 Å². The van der Waals surface area contributed by atoms with E-state index in [0.29, 0.717) is 18.0 Å². The van der Waals surface area contributed by atoms with E-state index in [1.165, 1.54) is 12.8 Å². The lowest BCUT2D eigenvalue weighted by Crippen LogP contribution is -2.45. The van der Waals surface area contributed by atoms with Crippen LogP contribution in [0.25, 0.3) is 0 Å². The fraction of sp³-hybridized carbons (Fsp3) is 0.769. The summed E-state index contributed by atoms with van der Waals surface area (Å²) in [7, 11) is 0. The number of piperidine rings is 1. The van der Waals surface area contributed by atoms with E-state index >= 15 is 0 Å². The number of hydrogen-bond acceptors (Lipinski definition) is 2. The Morgan fingerprint density at radius 2 is 2.25 bits per heavy atom. The van der Waals surface area contributed by atoms with Gasteiger partial charge in [-0.2, -0.15) is 0 Å². The normalized spacial score (nSPS) is 29.8. The molecule has 1 N–H and O–H groups in total. The van der Waals surface area contributed by atoms with Gasteiger partial charge in [0.15, 0.2) is 0 Å². The van der Waals surface area contributed by atoms with Crippen LogP contribution in [0.5, 0.6) is 0 Å². The number of carbonyl (C=O) groups excluding carboxylic acids is 1. The third kappa shape index (κ3) is 2.64. The van der Waals surface area contributed by atoms with Crippen LogP contribution in [0.3, 0.4) is 0 Å². The lowest BCUT2D eigenvalue weighted by Gasteiger charge is -2.31. The zero-order valence-corrected chi connectivity index (χ0v) is 10.1. The molecule has 0 aromatic rings. The number of rotatable bonds is 4. The Bertz CT molecular complexity index is 273. The molecule has 0 aromatic heterocycles. The van der Waals surface area contributed by atoms with Crippen LogP contribution in [-0.4, -0.2) is 36.0 Å². The van der Waals surface area contributed by atoms with Gasteiger partial charge in [-0.05, 0) is 39.2 Å². The molecule has 1 saturated carbocycles. The van der Waals surface area contributed by atoms with Gasteiger partial charge >= 0.3 is 0 Å². The molecule has 2 aliphatic rings. The standard InChI is InChI=1S/C13H22N2O/c1-3-8-15(12-4-5-12)13(16)11-6-7-14-10(2)9-11/h3,10-12,14H,1,4-9H2,2H3/t10-,11-/m0/s1. The number of hydrogen-bond donors (Lipinski definition) is 1. The van der Waals surface area contributed by atoms with Gasteiger partial charge in [-0.25, -0.2) is 0 Å². The van der Waals surface area contributed by atoms with Gasteiger partial charge in [-0.15, -0.1) is 6.58 Å². The number of nitrogens with one attached hydrogen (secondary N) is 1. The topological polar surface area (TPSA) is 32.3 Å². The molecule has 2 rings (SSSR count). The van der Waals surface area contributed by atoms with Gasteiger partial charge in [-0.1, -0.05) is 6.08 Å².